The number of aromatic nitrogens is 3. The molecular formula is C13H15ClN4. The standard InChI is InChI=1S/C13H15ClN4/c14-6-5-10-2-1-9-18(10)12-4-3-11-13(17-12)16-8-7-15-11/h3-4,7-8,10H,1-2,5-6,9H2. The molecule has 0 N–H and O–H groups in total. The highest BCUT2D eigenvalue weighted by Gasteiger charge is 2.25. The predicted octanol–water partition coefficient (Wildman–Crippen LogP) is 2.62. The van der Waals surface area contributed by atoms with Crippen LogP contribution in [0.15, 0.2) is 24.5 Å². The first kappa shape index (κ1) is 11.7. The van der Waals surface area contributed by atoms with Crippen molar-refractivity contribution < 1.29 is 0 Å². The topological polar surface area (TPSA) is 41.9 Å². The van der Waals surface area contributed by atoms with Crippen molar-refractivity contribution in [1.29, 1.82) is 0 Å². The number of anilines is 1. The van der Waals surface area contributed by atoms with Crippen molar-refractivity contribution in [2.45, 2.75) is 25.3 Å². The van der Waals surface area contributed by atoms with Gasteiger partial charge in [0.1, 0.15) is 11.3 Å². The molecule has 0 radical (unpaired) electrons. The number of alkyl halides is 1. The molecule has 0 aliphatic carbocycles. The van der Waals surface area contributed by atoms with Crippen LogP contribution in [0.2, 0.25) is 0 Å². The van der Waals surface area contributed by atoms with Crippen LogP contribution in [0.3, 0.4) is 0 Å². The third-order valence-corrected chi connectivity index (χ3v) is 3.65. The van der Waals surface area contributed by atoms with Gasteiger partial charge >= 0.3 is 0 Å². The quantitative estimate of drug-likeness (QED) is 0.798. The van der Waals surface area contributed by atoms with Crippen molar-refractivity contribution in [2.75, 3.05) is 17.3 Å². The minimum Gasteiger partial charge on any atom is -0.354 e. The Morgan fingerprint density at radius 2 is 2.17 bits per heavy atom. The molecule has 0 amide bonds. The summed E-state index contributed by atoms with van der Waals surface area (Å²) in [6.45, 7) is 1.06. The molecule has 0 spiro atoms. The van der Waals surface area contributed by atoms with Crippen LogP contribution in [0, 0.1) is 0 Å². The summed E-state index contributed by atoms with van der Waals surface area (Å²) in [7, 11) is 0. The maximum atomic E-state index is 5.86. The molecule has 2 aromatic heterocycles. The highest BCUT2D eigenvalue weighted by molar-refractivity contribution is 6.17. The summed E-state index contributed by atoms with van der Waals surface area (Å²) in [6, 6.07) is 4.54. The average molecular weight is 263 g/mol. The van der Waals surface area contributed by atoms with E-state index in [4.69, 9.17) is 11.6 Å². The third kappa shape index (κ3) is 2.12. The maximum Gasteiger partial charge on any atom is 0.180 e. The maximum absolute atomic E-state index is 5.86. The number of hydrogen-bond acceptors (Lipinski definition) is 4. The number of halogens is 1. The molecule has 94 valence electrons. The second-order valence-electron chi connectivity index (χ2n) is 4.54. The molecule has 3 heterocycles. The Hall–Kier alpha value is -1.42. The van der Waals surface area contributed by atoms with E-state index < -0.39 is 0 Å². The number of rotatable bonds is 3. The second-order valence-corrected chi connectivity index (χ2v) is 4.91. The number of nitrogens with zero attached hydrogens (tertiary/aromatic N) is 4. The lowest BCUT2D eigenvalue weighted by atomic mass is 10.2. The van der Waals surface area contributed by atoms with Crippen LogP contribution in [0.1, 0.15) is 19.3 Å². The van der Waals surface area contributed by atoms with E-state index in [-0.39, 0.29) is 0 Å². The van der Waals surface area contributed by atoms with Gasteiger partial charge in [0.15, 0.2) is 5.65 Å². The summed E-state index contributed by atoms with van der Waals surface area (Å²) >= 11 is 5.86. The van der Waals surface area contributed by atoms with Gasteiger partial charge in [-0.15, -0.1) is 11.6 Å². The van der Waals surface area contributed by atoms with E-state index in [1.54, 1.807) is 12.4 Å². The van der Waals surface area contributed by atoms with E-state index in [0.29, 0.717) is 17.6 Å². The summed E-state index contributed by atoms with van der Waals surface area (Å²) in [5, 5.41) is 0. The summed E-state index contributed by atoms with van der Waals surface area (Å²) in [6.07, 6.45) is 6.80. The highest BCUT2D eigenvalue weighted by atomic mass is 35.5. The monoisotopic (exact) mass is 262 g/mol. The number of fused-ring (bicyclic) bond motifs is 1. The zero-order chi connectivity index (χ0) is 12.4. The van der Waals surface area contributed by atoms with Gasteiger partial charge in [-0.1, -0.05) is 0 Å². The Balaban J connectivity index is 1.93. The molecule has 3 rings (SSSR count). The molecule has 5 heteroatoms. The lowest BCUT2D eigenvalue weighted by molar-refractivity contribution is 0.644. The van der Waals surface area contributed by atoms with Crippen molar-refractivity contribution in [3.8, 4) is 0 Å². The van der Waals surface area contributed by atoms with Crippen LogP contribution in [0.5, 0.6) is 0 Å². The molecule has 4 nitrogen and oxygen atoms in total. The minimum atomic E-state index is 0.518. The third-order valence-electron chi connectivity index (χ3n) is 3.43. The fourth-order valence-electron chi connectivity index (χ4n) is 2.57. The Morgan fingerprint density at radius 1 is 1.28 bits per heavy atom. The average Bonchev–Trinajstić information content (AvgIpc) is 2.87. The molecule has 2 aromatic rings. The zero-order valence-electron chi connectivity index (χ0n) is 10.1. The smallest absolute Gasteiger partial charge is 0.180 e. The lowest BCUT2D eigenvalue weighted by Gasteiger charge is -2.25. The molecule has 0 saturated carbocycles. The Morgan fingerprint density at radius 3 is 3.06 bits per heavy atom. The molecular weight excluding hydrogens is 248 g/mol. The van der Waals surface area contributed by atoms with E-state index in [1.807, 2.05) is 12.1 Å². The Bertz CT molecular complexity index is 545. The highest BCUT2D eigenvalue weighted by Crippen LogP contribution is 2.26. The summed E-state index contributed by atoms with van der Waals surface area (Å²) < 4.78 is 0. The minimum absolute atomic E-state index is 0.518. The normalized spacial score (nSPS) is 19.6. The first-order valence-electron chi connectivity index (χ1n) is 6.29. The predicted molar refractivity (Wildman–Crippen MR) is 73.0 cm³/mol. The first-order valence-corrected chi connectivity index (χ1v) is 6.82. The van der Waals surface area contributed by atoms with Crippen molar-refractivity contribution in [3.63, 3.8) is 0 Å². The van der Waals surface area contributed by atoms with Gasteiger partial charge in [-0.25, -0.2) is 9.97 Å². The van der Waals surface area contributed by atoms with Crippen molar-refractivity contribution in [3.05, 3.63) is 24.5 Å². The van der Waals surface area contributed by atoms with Gasteiger partial charge in [-0.05, 0) is 31.4 Å². The molecule has 0 aromatic carbocycles. The summed E-state index contributed by atoms with van der Waals surface area (Å²) in [5.74, 6) is 1.70. The fourth-order valence-corrected chi connectivity index (χ4v) is 2.82. The molecule has 1 saturated heterocycles. The van der Waals surface area contributed by atoms with Gasteiger partial charge < -0.3 is 4.90 Å². The van der Waals surface area contributed by atoms with Gasteiger partial charge in [0.2, 0.25) is 0 Å². The zero-order valence-corrected chi connectivity index (χ0v) is 10.8. The molecule has 1 fully saturated rings. The van der Waals surface area contributed by atoms with E-state index in [9.17, 15) is 0 Å². The van der Waals surface area contributed by atoms with Crippen LogP contribution >= 0.6 is 11.6 Å². The largest absolute Gasteiger partial charge is 0.354 e. The van der Waals surface area contributed by atoms with Crippen molar-refractivity contribution in [1.82, 2.24) is 15.0 Å². The first-order chi connectivity index (χ1) is 8.88. The molecule has 1 aliphatic heterocycles. The van der Waals surface area contributed by atoms with Crippen LogP contribution in [-0.2, 0) is 0 Å². The van der Waals surface area contributed by atoms with Crippen LogP contribution in [-0.4, -0.2) is 33.4 Å². The summed E-state index contributed by atoms with van der Waals surface area (Å²) in [4.78, 5) is 15.4. The van der Waals surface area contributed by atoms with E-state index >= 15 is 0 Å². The van der Waals surface area contributed by atoms with Crippen molar-refractivity contribution in [2.24, 2.45) is 0 Å². The van der Waals surface area contributed by atoms with Crippen molar-refractivity contribution >= 4 is 28.6 Å². The van der Waals surface area contributed by atoms with Crippen LogP contribution in [0.25, 0.3) is 11.2 Å². The van der Waals surface area contributed by atoms with E-state index in [0.717, 1.165) is 24.3 Å². The van der Waals surface area contributed by atoms with E-state index in [2.05, 4.69) is 19.9 Å². The lowest BCUT2D eigenvalue weighted by Crippen LogP contribution is -2.30. The van der Waals surface area contributed by atoms with Gasteiger partial charge in [-0.2, -0.15) is 0 Å². The van der Waals surface area contributed by atoms with Gasteiger partial charge in [0.25, 0.3) is 0 Å². The van der Waals surface area contributed by atoms with Gasteiger partial charge in [0, 0.05) is 30.9 Å². The molecule has 1 unspecified atom stereocenters. The van der Waals surface area contributed by atoms with Gasteiger partial charge in [0.05, 0.1) is 0 Å². The van der Waals surface area contributed by atoms with Crippen LogP contribution < -0.4 is 4.90 Å². The molecule has 1 aliphatic rings. The molecule has 18 heavy (non-hydrogen) atoms. The fraction of sp³-hybridized carbons (Fsp3) is 0.462. The number of pyridine rings is 1. The van der Waals surface area contributed by atoms with Crippen LogP contribution in [0.4, 0.5) is 5.82 Å². The van der Waals surface area contributed by atoms with E-state index in [1.165, 1.54) is 12.8 Å². The molecule has 1 atom stereocenters. The second kappa shape index (κ2) is 5.06. The molecule has 0 bridgehead atoms. The number of hydrogen-bond donors (Lipinski definition) is 0. The Kier molecular flexibility index (Phi) is 3.28. The van der Waals surface area contributed by atoms with Gasteiger partial charge in [-0.3, -0.25) is 4.98 Å². The summed E-state index contributed by atoms with van der Waals surface area (Å²) in [5.41, 5.74) is 1.56. The SMILES string of the molecule is ClCCC1CCCN1c1ccc2nccnc2n1. The Labute approximate surface area is 111 Å².